The smallest absolute Gasteiger partial charge is 0.220 e. The Morgan fingerprint density at radius 3 is 2.13 bits per heavy atom. The number of nitrogens with zero attached hydrogens (tertiary/aromatic N) is 3. The topological polar surface area (TPSA) is 48.2 Å². The number of para-hydroxylation sites is 4. The summed E-state index contributed by atoms with van der Waals surface area (Å²) in [7, 11) is 0. The summed E-state index contributed by atoms with van der Waals surface area (Å²) < 4.78 is 4.38. The molecule has 0 amide bonds. The zero-order chi connectivity index (χ0) is 15.4. The summed E-state index contributed by atoms with van der Waals surface area (Å²) in [5, 5.41) is 0. The van der Waals surface area contributed by atoms with Gasteiger partial charge in [-0.05, 0) is 48.5 Å². The van der Waals surface area contributed by atoms with Crippen LogP contribution in [-0.4, -0.2) is 14.0 Å². The van der Waals surface area contributed by atoms with Crippen molar-refractivity contribution in [2.24, 2.45) is 0 Å². The number of anilines is 1. The molecule has 2 N–H and O–H groups in total. The van der Waals surface area contributed by atoms with Crippen molar-refractivity contribution in [3.63, 3.8) is 0 Å². The van der Waals surface area contributed by atoms with Crippen LogP contribution in [0.4, 0.5) is 5.69 Å². The predicted molar refractivity (Wildman–Crippen MR) is 93.9 cm³/mol. The Kier molecular flexibility index (Phi) is 2.33. The third kappa shape index (κ3) is 1.63. The van der Waals surface area contributed by atoms with E-state index >= 15 is 0 Å². The van der Waals surface area contributed by atoms with Crippen LogP contribution in [0.5, 0.6) is 0 Å². The molecule has 0 saturated carbocycles. The molecule has 0 aliphatic carbocycles. The minimum absolute atomic E-state index is 0.759. The summed E-state index contributed by atoms with van der Waals surface area (Å²) in [5.41, 5.74) is 12.0. The van der Waals surface area contributed by atoms with Gasteiger partial charge in [-0.2, -0.15) is 0 Å². The highest BCUT2D eigenvalue weighted by molar-refractivity contribution is 5.92. The number of hydrogen-bond donors (Lipinski definition) is 1. The number of nitrogen functional groups attached to an aromatic ring is 1. The van der Waals surface area contributed by atoms with Crippen LogP contribution in [0.25, 0.3) is 33.5 Å². The summed E-state index contributed by atoms with van der Waals surface area (Å²) in [4.78, 5) is 4.85. The van der Waals surface area contributed by atoms with Crippen LogP contribution in [0.1, 0.15) is 0 Å². The maximum absolute atomic E-state index is 5.84. The molecule has 0 saturated heterocycles. The number of fused-ring (bicyclic) bond motifs is 5. The molecule has 0 fully saturated rings. The van der Waals surface area contributed by atoms with Crippen LogP contribution in [0.3, 0.4) is 0 Å². The number of aromatic nitrogens is 3. The fourth-order valence-corrected chi connectivity index (χ4v) is 3.23. The molecule has 0 aliphatic heterocycles. The molecule has 4 heteroatoms. The van der Waals surface area contributed by atoms with Crippen molar-refractivity contribution in [3.05, 3.63) is 72.8 Å². The molecule has 2 aromatic heterocycles. The van der Waals surface area contributed by atoms with E-state index < -0.39 is 0 Å². The van der Waals surface area contributed by atoms with Crippen molar-refractivity contribution in [1.82, 2.24) is 14.0 Å². The summed E-state index contributed by atoms with van der Waals surface area (Å²) in [6.07, 6.45) is 0. The molecule has 0 bridgehead atoms. The quantitative estimate of drug-likeness (QED) is 0.475. The van der Waals surface area contributed by atoms with E-state index in [1.807, 2.05) is 42.5 Å². The van der Waals surface area contributed by atoms with E-state index in [0.29, 0.717) is 0 Å². The lowest BCUT2D eigenvalue weighted by atomic mass is 10.2. The number of rotatable bonds is 1. The second-order valence-corrected chi connectivity index (χ2v) is 5.65. The van der Waals surface area contributed by atoms with Crippen LogP contribution in [0.15, 0.2) is 72.8 Å². The third-order valence-electron chi connectivity index (χ3n) is 4.26. The normalized spacial score (nSPS) is 11.7. The lowest BCUT2D eigenvalue weighted by Crippen LogP contribution is -1.95. The number of imidazole rings is 2. The molecule has 0 aliphatic rings. The zero-order valence-corrected chi connectivity index (χ0v) is 12.3. The first kappa shape index (κ1) is 12.3. The highest BCUT2D eigenvalue weighted by atomic mass is 15.2. The van der Waals surface area contributed by atoms with Crippen LogP contribution in [0.2, 0.25) is 0 Å². The molecule has 0 atom stereocenters. The molecule has 5 aromatic rings. The van der Waals surface area contributed by atoms with E-state index in [4.69, 9.17) is 10.7 Å². The summed E-state index contributed by atoms with van der Waals surface area (Å²) >= 11 is 0. The largest absolute Gasteiger partial charge is 0.399 e. The van der Waals surface area contributed by atoms with Crippen molar-refractivity contribution in [2.75, 3.05) is 5.73 Å². The minimum atomic E-state index is 0.759. The second kappa shape index (κ2) is 4.36. The molecule has 110 valence electrons. The van der Waals surface area contributed by atoms with Gasteiger partial charge in [0.05, 0.1) is 22.1 Å². The zero-order valence-electron chi connectivity index (χ0n) is 12.3. The van der Waals surface area contributed by atoms with E-state index in [1.165, 1.54) is 0 Å². The average molecular weight is 298 g/mol. The average Bonchev–Trinajstić information content (AvgIpc) is 3.10. The number of hydrogen-bond acceptors (Lipinski definition) is 2. The minimum Gasteiger partial charge on any atom is -0.399 e. The Morgan fingerprint density at radius 2 is 1.35 bits per heavy atom. The maximum atomic E-state index is 5.84. The van der Waals surface area contributed by atoms with Crippen LogP contribution in [-0.2, 0) is 0 Å². The van der Waals surface area contributed by atoms with Gasteiger partial charge in [0, 0.05) is 11.4 Å². The molecule has 4 nitrogen and oxygen atoms in total. The van der Waals surface area contributed by atoms with Gasteiger partial charge in [0.1, 0.15) is 0 Å². The van der Waals surface area contributed by atoms with Crippen LogP contribution < -0.4 is 5.73 Å². The van der Waals surface area contributed by atoms with Gasteiger partial charge in [-0.25, -0.2) is 4.98 Å². The fourth-order valence-electron chi connectivity index (χ4n) is 3.23. The lowest BCUT2D eigenvalue weighted by molar-refractivity contribution is 1.11. The standard InChI is InChI=1S/C19H14N4/c20-13-9-11-14(12-10-13)22-17-7-3-4-8-18(17)23-16-6-2-1-5-15(16)21-19(22)23/h1-12H,20H2. The van der Waals surface area contributed by atoms with Gasteiger partial charge in [0.25, 0.3) is 0 Å². The molecule has 2 heterocycles. The molecular formula is C19H14N4. The fraction of sp³-hybridized carbons (Fsp3) is 0. The van der Waals surface area contributed by atoms with Crippen molar-refractivity contribution in [1.29, 1.82) is 0 Å². The Hall–Kier alpha value is -3.27. The van der Waals surface area contributed by atoms with E-state index in [0.717, 1.165) is 39.2 Å². The van der Waals surface area contributed by atoms with Gasteiger partial charge in [-0.3, -0.25) is 8.97 Å². The van der Waals surface area contributed by atoms with E-state index in [1.54, 1.807) is 0 Å². The van der Waals surface area contributed by atoms with E-state index in [-0.39, 0.29) is 0 Å². The van der Waals surface area contributed by atoms with Gasteiger partial charge >= 0.3 is 0 Å². The van der Waals surface area contributed by atoms with Gasteiger partial charge < -0.3 is 5.73 Å². The first-order valence-corrected chi connectivity index (χ1v) is 7.55. The van der Waals surface area contributed by atoms with E-state index in [2.05, 4.69) is 39.3 Å². The first-order chi connectivity index (χ1) is 11.3. The van der Waals surface area contributed by atoms with Gasteiger partial charge in [-0.1, -0.05) is 24.3 Å². The number of nitrogens with two attached hydrogens (primary N) is 1. The Balaban J connectivity index is 2.01. The molecular weight excluding hydrogens is 284 g/mol. The first-order valence-electron chi connectivity index (χ1n) is 7.55. The summed E-state index contributed by atoms with van der Waals surface area (Å²) in [5.74, 6) is 0.914. The van der Waals surface area contributed by atoms with Gasteiger partial charge in [0.2, 0.25) is 5.78 Å². The summed E-state index contributed by atoms with van der Waals surface area (Å²) in [6.45, 7) is 0. The van der Waals surface area contributed by atoms with Crippen LogP contribution >= 0.6 is 0 Å². The van der Waals surface area contributed by atoms with Crippen molar-refractivity contribution >= 4 is 33.5 Å². The van der Waals surface area contributed by atoms with Crippen molar-refractivity contribution in [2.45, 2.75) is 0 Å². The Morgan fingerprint density at radius 1 is 0.696 bits per heavy atom. The predicted octanol–water partition coefficient (Wildman–Crippen LogP) is 4.01. The van der Waals surface area contributed by atoms with E-state index in [9.17, 15) is 0 Å². The Labute approximate surface area is 132 Å². The monoisotopic (exact) mass is 298 g/mol. The lowest BCUT2D eigenvalue weighted by Gasteiger charge is -2.05. The van der Waals surface area contributed by atoms with Gasteiger partial charge in [0.15, 0.2) is 0 Å². The Bertz CT molecular complexity index is 1160. The highest BCUT2D eigenvalue weighted by Crippen LogP contribution is 2.29. The van der Waals surface area contributed by atoms with Crippen LogP contribution in [0, 0.1) is 0 Å². The molecule has 0 spiro atoms. The number of benzene rings is 3. The van der Waals surface area contributed by atoms with Crippen molar-refractivity contribution in [3.8, 4) is 5.69 Å². The second-order valence-electron chi connectivity index (χ2n) is 5.65. The van der Waals surface area contributed by atoms with Crippen molar-refractivity contribution < 1.29 is 0 Å². The highest BCUT2D eigenvalue weighted by Gasteiger charge is 2.16. The molecule has 5 rings (SSSR count). The molecule has 23 heavy (non-hydrogen) atoms. The van der Waals surface area contributed by atoms with Gasteiger partial charge in [-0.15, -0.1) is 0 Å². The molecule has 0 unspecified atom stereocenters. The SMILES string of the molecule is Nc1ccc(-n2c3ccccc3n3c4ccccc4nc23)cc1. The molecule has 3 aromatic carbocycles. The third-order valence-corrected chi connectivity index (χ3v) is 4.26. The summed E-state index contributed by atoms with van der Waals surface area (Å²) in [6, 6.07) is 24.5. The maximum Gasteiger partial charge on any atom is 0.220 e. The molecule has 0 radical (unpaired) electrons.